The van der Waals surface area contributed by atoms with Gasteiger partial charge in [-0.3, -0.25) is 0 Å². The first-order chi connectivity index (χ1) is 7.24. The van der Waals surface area contributed by atoms with Gasteiger partial charge in [-0.25, -0.2) is 0 Å². The van der Waals surface area contributed by atoms with Crippen molar-refractivity contribution < 1.29 is 5.11 Å². The Kier molecular flexibility index (Phi) is 2.87. The van der Waals surface area contributed by atoms with Crippen molar-refractivity contribution in [2.45, 2.75) is 59.0 Å². The summed E-state index contributed by atoms with van der Waals surface area (Å²) in [5.41, 5.74) is 0.556. The summed E-state index contributed by atoms with van der Waals surface area (Å²) in [7, 11) is 0. The zero-order valence-electron chi connectivity index (χ0n) is 11.3. The molecule has 1 N–H and O–H groups in total. The molecule has 1 aliphatic heterocycles. The Labute approximate surface area is 100 Å². The summed E-state index contributed by atoms with van der Waals surface area (Å²) < 4.78 is 0. The van der Waals surface area contributed by atoms with Gasteiger partial charge in [0.25, 0.3) is 0 Å². The molecule has 0 spiro atoms. The van der Waals surface area contributed by atoms with E-state index < -0.39 is 0 Å². The third kappa shape index (κ3) is 2.43. The number of likely N-dealkylation sites (tertiary alicyclic amines) is 1. The van der Waals surface area contributed by atoms with Crippen LogP contribution in [0.3, 0.4) is 0 Å². The minimum Gasteiger partial charge on any atom is -0.389 e. The average molecular weight is 225 g/mol. The van der Waals surface area contributed by atoms with Crippen molar-refractivity contribution in [3.8, 4) is 0 Å². The van der Waals surface area contributed by atoms with Crippen molar-refractivity contribution >= 4 is 0 Å². The minimum absolute atomic E-state index is 0.310. The summed E-state index contributed by atoms with van der Waals surface area (Å²) in [6, 6.07) is 0. The van der Waals surface area contributed by atoms with Crippen LogP contribution in [0.5, 0.6) is 0 Å². The SMILES string of the molecule is CC(C)(C)C1(C)CCN(CC2(O)CC2)CC1. The predicted molar refractivity (Wildman–Crippen MR) is 67.4 cm³/mol. The van der Waals surface area contributed by atoms with Gasteiger partial charge in [-0.2, -0.15) is 0 Å². The van der Waals surface area contributed by atoms with Crippen molar-refractivity contribution in [2.75, 3.05) is 19.6 Å². The highest BCUT2D eigenvalue weighted by molar-refractivity contribution is 4.98. The molecule has 0 unspecified atom stereocenters. The third-order valence-electron chi connectivity index (χ3n) is 5.12. The van der Waals surface area contributed by atoms with E-state index in [9.17, 15) is 5.11 Å². The highest BCUT2D eigenvalue weighted by Crippen LogP contribution is 2.47. The fraction of sp³-hybridized carbons (Fsp3) is 1.00. The maximum absolute atomic E-state index is 9.93. The van der Waals surface area contributed by atoms with Crippen LogP contribution in [0, 0.1) is 10.8 Å². The van der Waals surface area contributed by atoms with Gasteiger partial charge in [0.2, 0.25) is 0 Å². The van der Waals surface area contributed by atoms with Crippen LogP contribution in [0.4, 0.5) is 0 Å². The maximum Gasteiger partial charge on any atom is 0.0776 e. The van der Waals surface area contributed by atoms with Gasteiger partial charge in [-0.1, -0.05) is 27.7 Å². The van der Waals surface area contributed by atoms with Gasteiger partial charge < -0.3 is 10.0 Å². The second kappa shape index (κ2) is 3.71. The molecule has 2 heteroatoms. The van der Waals surface area contributed by atoms with E-state index in [-0.39, 0.29) is 5.60 Å². The number of rotatable bonds is 2. The third-order valence-corrected chi connectivity index (χ3v) is 5.12. The molecular weight excluding hydrogens is 198 g/mol. The highest BCUT2D eigenvalue weighted by atomic mass is 16.3. The van der Waals surface area contributed by atoms with E-state index >= 15 is 0 Å². The zero-order chi connectivity index (χ0) is 12.0. The van der Waals surface area contributed by atoms with E-state index in [1.54, 1.807) is 0 Å². The van der Waals surface area contributed by atoms with Crippen molar-refractivity contribution in [3.05, 3.63) is 0 Å². The number of piperidine rings is 1. The normalized spacial score (nSPS) is 29.1. The Hall–Kier alpha value is -0.0800. The van der Waals surface area contributed by atoms with Gasteiger partial charge in [-0.05, 0) is 49.6 Å². The molecule has 2 nitrogen and oxygen atoms in total. The Bertz CT molecular complexity index is 254. The quantitative estimate of drug-likeness (QED) is 0.781. The molecule has 0 aromatic rings. The first-order valence-electron chi connectivity index (χ1n) is 6.69. The van der Waals surface area contributed by atoms with Gasteiger partial charge in [-0.15, -0.1) is 0 Å². The van der Waals surface area contributed by atoms with Crippen LogP contribution in [0.15, 0.2) is 0 Å². The van der Waals surface area contributed by atoms with E-state index in [2.05, 4.69) is 32.6 Å². The first kappa shape index (κ1) is 12.4. The lowest BCUT2D eigenvalue weighted by Crippen LogP contribution is -2.47. The Balaban J connectivity index is 1.86. The molecular formula is C14H27NO. The molecule has 1 aliphatic carbocycles. The van der Waals surface area contributed by atoms with Crippen LogP contribution in [-0.2, 0) is 0 Å². The number of nitrogens with zero attached hydrogens (tertiary/aromatic N) is 1. The molecule has 2 aliphatic rings. The molecule has 1 saturated heterocycles. The summed E-state index contributed by atoms with van der Waals surface area (Å²) in [4.78, 5) is 2.46. The first-order valence-corrected chi connectivity index (χ1v) is 6.69. The second-order valence-electron chi connectivity index (χ2n) is 7.31. The van der Waals surface area contributed by atoms with Crippen molar-refractivity contribution in [2.24, 2.45) is 10.8 Å². The highest BCUT2D eigenvalue weighted by Gasteiger charge is 2.45. The molecule has 0 atom stereocenters. The summed E-state index contributed by atoms with van der Waals surface area (Å²) in [6.45, 7) is 12.7. The molecule has 0 amide bonds. The monoisotopic (exact) mass is 225 g/mol. The topological polar surface area (TPSA) is 23.5 Å². The van der Waals surface area contributed by atoms with E-state index in [1.165, 1.54) is 12.8 Å². The number of aliphatic hydroxyl groups is 1. The van der Waals surface area contributed by atoms with E-state index in [0.29, 0.717) is 10.8 Å². The summed E-state index contributed by atoms with van der Waals surface area (Å²) in [5, 5.41) is 9.93. The lowest BCUT2D eigenvalue weighted by Gasteiger charge is -2.48. The predicted octanol–water partition coefficient (Wildman–Crippen LogP) is 2.66. The van der Waals surface area contributed by atoms with Crippen LogP contribution in [0.1, 0.15) is 53.4 Å². The number of hydrogen-bond acceptors (Lipinski definition) is 2. The molecule has 1 saturated carbocycles. The van der Waals surface area contributed by atoms with Gasteiger partial charge >= 0.3 is 0 Å². The fourth-order valence-electron chi connectivity index (χ4n) is 2.67. The molecule has 0 bridgehead atoms. The molecule has 2 fully saturated rings. The fourth-order valence-corrected chi connectivity index (χ4v) is 2.67. The van der Waals surface area contributed by atoms with Crippen molar-refractivity contribution in [3.63, 3.8) is 0 Å². The van der Waals surface area contributed by atoms with Gasteiger partial charge in [0.1, 0.15) is 0 Å². The van der Waals surface area contributed by atoms with Crippen LogP contribution in [0.25, 0.3) is 0 Å². The lowest BCUT2D eigenvalue weighted by molar-refractivity contribution is 0.00144. The zero-order valence-corrected chi connectivity index (χ0v) is 11.3. The molecule has 94 valence electrons. The summed E-state index contributed by atoms with van der Waals surface area (Å²) in [6.07, 6.45) is 4.57. The van der Waals surface area contributed by atoms with Crippen molar-refractivity contribution in [1.82, 2.24) is 4.90 Å². The smallest absolute Gasteiger partial charge is 0.0776 e. The minimum atomic E-state index is -0.310. The molecule has 2 rings (SSSR count). The molecule has 0 radical (unpaired) electrons. The van der Waals surface area contributed by atoms with Gasteiger partial charge in [0, 0.05) is 6.54 Å². The Morgan fingerprint density at radius 3 is 1.94 bits per heavy atom. The summed E-state index contributed by atoms with van der Waals surface area (Å²) in [5.74, 6) is 0. The van der Waals surface area contributed by atoms with Crippen LogP contribution in [0.2, 0.25) is 0 Å². The van der Waals surface area contributed by atoms with Gasteiger partial charge in [0.05, 0.1) is 5.60 Å². The van der Waals surface area contributed by atoms with Crippen LogP contribution < -0.4 is 0 Å². The second-order valence-corrected chi connectivity index (χ2v) is 7.31. The Morgan fingerprint density at radius 1 is 1.06 bits per heavy atom. The number of hydrogen-bond donors (Lipinski definition) is 1. The van der Waals surface area contributed by atoms with E-state index in [1.807, 2.05) is 0 Å². The van der Waals surface area contributed by atoms with Crippen LogP contribution in [-0.4, -0.2) is 35.2 Å². The number of β-amino-alcohol motifs (C(OH)–C–C–N with tert-alkyl or cyclic N) is 1. The van der Waals surface area contributed by atoms with Gasteiger partial charge in [0.15, 0.2) is 0 Å². The van der Waals surface area contributed by atoms with E-state index in [4.69, 9.17) is 0 Å². The largest absolute Gasteiger partial charge is 0.389 e. The van der Waals surface area contributed by atoms with Crippen LogP contribution >= 0.6 is 0 Å². The Morgan fingerprint density at radius 2 is 1.56 bits per heavy atom. The average Bonchev–Trinajstić information content (AvgIpc) is 2.86. The lowest BCUT2D eigenvalue weighted by atomic mass is 9.63. The van der Waals surface area contributed by atoms with E-state index in [0.717, 1.165) is 32.5 Å². The molecule has 0 aromatic heterocycles. The molecule has 1 heterocycles. The standard InChI is InChI=1S/C14H27NO/c1-12(2,3)13(4)7-9-15(10-8-13)11-14(16)5-6-14/h16H,5-11H2,1-4H3. The maximum atomic E-state index is 9.93. The molecule has 0 aromatic carbocycles. The molecule has 16 heavy (non-hydrogen) atoms. The summed E-state index contributed by atoms with van der Waals surface area (Å²) >= 11 is 0. The van der Waals surface area contributed by atoms with Crippen molar-refractivity contribution in [1.29, 1.82) is 0 Å².